The van der Waals surface area contributed by atoms with Gasteiger partial charge in [-0.05, 0) is 53.1 Å². The summed E-state index contributed by atoms with van der Waals surface area (Å²) in [5.74, 6) is 0.910. The zero-order valence-electron chi connectivity index (χ0n) is 22.1. The Balaban J connectivity index is 1.34. The van der Waals surface area contributed by atoms with Gasteiger partial charge < -0.3 is 29.7 Å². The van der Waals surface area contributed by atoms with Crippen LogP contribution in [0, 0.1) is 0 Å². The summed E-state index contributed by atoms with van der Waals surface area (Å²) < 4.78 is 19.1. The Kier molecular flexibility index (Phi) is 8.50. The number of ether oxygens (including phenoxy) is 3. The summed E-state index contributed by atoms with van der Waals surface area (Å²) in [6, 6.07) is 12.1. The van der Waals surface area contributed by atoms with E-state index in [1.165, 1.54) is 18.1 Å². The first-order valence-electron chi connectivity index (χ1n) is 13.1. The van der Waals surface area contributed by atoms with Gasteiger partial charge in [0.2, 0.25) is 11.8 Å². The van der Waals surface area contributed by atoms with E-state index in [2.05, 4.69) is 26.2 Å². The second kappa shape index (κ2) is 12.6. The Hall–Kier alpha value is -4.52. The second-order valence-electron chi connectivity index (χ2n) is 9.67. The Bertz CT molecular complexity index is 1350. The molecule has 40 heavy (non-hydrogen) atoms. The number of likely N-dealkylation sites (tertiary alicyclic amines) is 1. The molecule has 3 amide bonds. The number of amides is 3. The summed E-state index contributed by atoms with van der Waals surface area (Å²) in [6.07, 6.45) is 2.28. The Morgan fingerprint density at radius 1 is 1.18 bits per heavy atom. The van der Waals surface area contributed by atoms with Crippen LogP contribution in [-0.4, -0.2) is 81.7 Å². The molecule has 1 saturated heterocycles. The van der Waals surface area contributed by atoms with E-state index in [1.54, 1.807) is 23.1 Å². The monoisotopic (exact) mass is 549 g/mol. The molecule has 210 valence electrons. The van der Waals surface area contributed by atoms with Crippen LogP contribution in [0.1, 0.15) is 35.2 Å². The predicted octanol–water partition coefficient (Wildman–Crippen LogP) is 1.30. The summed E-state index contributed by atoms with van der Waals surface area (Å²) in [5.41, 5.74) is 1.26. The van der Waals surface area contributed by atoms with Gasteiger partial charge >= 0.3 is 0 Å². The van der Waals surface area contributed by atoms with Gasteiger partial charge in [0.1, 0.15) is 30.1 Å². The highest BCUT2D eigenvalue weighted by Crippen LogP contribution is 2.28. The molecular weight excluding hydrogens is 518 g/mol. The van der Waals surface area contributed by atoms with E-state index in [1.807, 2.05) is 24.3 Å². The molecule has 3 aromatic rings. The van der Waals surface area contributed by atoms with E-state index < -0.39 is 6.04 Å². The summed E-state index contributed by atoms with van der Waals surface area (Å²) >= 11 is 0. The van der Waals surface area contributed by atoms with Crippen LogP contribution in [0.4, 0.5) is 0 Å². The Morgan fingerprint density at radius 2 is 2.08 bits per heavy atom. The highest BCUT2D eigenvalue weighted by molar-refractivity contribution is 5.95. The summed E-state index contributed by atoms with van der Waals surface area (Å²) in [7, 11) is 1.53. The summed E-state index contributed by atoms with van der Waals surface area (Å²) in [4.78, 5) is 40.2. The third-order valence-corrected chi connectivity index (χ3v) is 6.78. The van der Waals surface area contributed by atoms with Crippen molar-refractivity contribution in [1.29, 1.82) is 0 Å². The topological polar surface area (TPSA) is 150 Å². The van der Waals surface area contributed by atoms with Crippen molar-refractivity contribution in [3.63, 3.8) is 0 Å². The average Bonchev–Trinajstić information content (AvgIpc) is 3.47. The smallest absolute Gasteiger partial charge is 0.251 e. The molecular formula is C27H31N7O6. The summed E-state index contributed by atoms with van der Waals surface area (Å²) in [6.45, 7) is 1.39. The maximum absolute atomic E-state index is 12.9. The van der Waals surface area contributed by atoms with Gasteiger partial charge in [0, 0.05) is 37.7 Å². The molecule has 5 rings (SSSR count). The minimum atomic E-state index is -0.403. The second-order valence-corrected chi connectivity index (χ2v) is 9.67. The van der Waals surface area contributed by atoms with Crippen molar-refractivity contribution in [2.45, 2.75) is 44.6 Å². The largest absolute Gasteiger partial charge is 0.497 e. The molecule has 13 heteroatoms. The van der Waals surface area contributed by atoms with Crippen molar-refractivity contribution in [2.75, 3.05) is 26.7 Å². The molecule has 0 spiro atoms. The van der Waals surface area contributed by atoms with Crippen molar-refractivity contribution >= 4 is 17.7 Å². The van der Waals surface area contributed by atoms with Crippen LogP contribution in [0.2, 0.25) is 0 Å². The molecule has 4 bridgehead atoms. The van der Waals surface area contributed by atoms with Crippen molar-refractivity contribution in [3.05, 3.63) is 59.9 Å². The molecule has 2 atom stereocenters. The molecule has 1 fully saturated rings. The zero-order valence-corrected chi connectivity index (χ0v) is 22.1. The quantitative estimate of drug-likeness (QED) is 0.493. The first-order valence-corrected chi connectivity index (χ1v) is 13.1. The highest BCUT2D eigenvalue weighted by atomic mass is 16.5. The standard InChI is InChI=1S/C27H31N7O6/c1-38-21-11-19-12-22(13-21)40-20-5-2-4-18(10-20)16-39-24-7-9-33(26(36)15-34-17-29-31-32-34)14-23(24)30-25(35)6-3-8-28-27(19)37/h2,4-5,10-13,17,23-24H,3,6-9,14-16H2,1H3,(H,28,37)(H,30,35)/t23-,24-/m0/s1. The fourth-order valence-corrected chi connectivity index (χ4v) is 4.74. The highest BCUT2D eigenvalue weighted by Gasteiger charge is 2.33. The minimum absolute atomic E-state index is 0.0135. The number of rotatable bonds is 3. The molecule has 2 aliphatic rings. The van der Waals surface area contributed by atoms with E-state index in [9.17, 15) is 14.4 Å². The number of hydrogen-bond donors (Lipinski definition) is 2. The number of methoxy groups -OCH3 is 1. The van der Waals surface area contributed by atoms with E-state index in [-0.39, 0.29) is 36.8 Å². The third-order valence-electron chi connectivity index (χ3n) is 6.78. The van der Waals surface area contributed by atoms with Gasteiger partial charge in [-0.15, -0.1) is 5.10 Å². The van der Waals surface area contributed by atoms with Gasteiger partial charge in [-0.25, -0.2) is 4.68 Å². The molecule has 0 unspecified atom stereocenters. The molecule has 0 aliphatic carbocycles. The van der Waals surface area contributed by atoms with Crippen LogP contribution in [-0.2, 0) is 27.5 Å². The average molecular weight is 550 g/mol. The molecule has 2 aromatic carbocycles. The molecule has 2 aliphatic heterocycles. The number of tetrazole rings is 1. The Labute approximate surface area is 230 Å². The number of aromatic nitrogens is 4. The lowest BCUT2D eigenvalue weighted by Crippen LogP contribution is -2.57. The number of carbonyl (C=O) groups excluding carboxylic acids is 3. The molecule has 2 N–H and O–H groups in total. The van der Waals surface area contributed by atoms with Gasteiger partial charge in [-0.2, -0.15) is 0 Å². The van der Waals surface area contributed by atoms with Crippen molar-refractivity contribution in [1.82, 2.24) is 35.7 Å². The number of nitrogens with one attached hydrogen (secondary N) is 2. The fourth-order valence-electron chi connectivity index (χ4n) is 4.74. The molecule has 13 nitrogen and oxygen atoms in total. The minimum Gasteiger partial charge on any atom is -0.497 e. The van der Waals surface area contributed by atoms with Crippen molar-refractivity contribution < 1.29 is 28.6 Å². The first-order chi connectivity index (χ1) is 19.5. The number of carbonyl (C=O) groups is 3. The van der Waals surface area contributed by atoms with E-state index in [4.69, 9.17) is 14.2 Å². The van der Waals surface area contributed by atoms with Crippen molar-refractivity contribution in [3.8, 4) is 17.2 Å². The van der Waals surface area contributed by atoms with Crippen LogP contribution in [0.25, 0.3) is 0 Å². The first kappa shape index (κ1) is 27.1. The van der Waals surface area contributed by atoms with E-state index in [0.29, 0.717) is 61.9 Å². The third kappa shape index (κ3) is 6.91. The van der Waals surface area contributed by atoms with Crippen LogP contribution in [0.3, 0.4) is 0 Å². The number of fused-ring (bicyclic) bond motifs is 5. The van der Waals surface area contributed by atoms with Gasteiger partial charge in [-0.3, -0.25) is 14.4 Å². The number of hydrogen-bond acceptors (Lipinski definition) is 9. The Morgan fingerprint density at radius 3 is 2.90 bits per heavy atom. The molecule has 0 saturated carbocycles. The predicted molar refractivity (Wildman–Crippen MR) is 141 cm³/mol. The normalized spacial score (nSPS) is 20.2. The lowest BCUT2D eigenvalue weighted by atomic mass is 10.0. The lowest BCUT2D eigenvalue weighted by molar-refractivity contribution is -0.138. The fraction of sp³-hybridized carbons (Fsp3) is 0.407. The number of benzene rings is 2. The van der Waals surface area contributed by atoms with Crippen LogP contribution in [0.5, 0.6) is 17.2 Å². The maximum Gasteiger partial charge on any atom is 0.251 e. The van der Waals surface area contributed by atoms with Gasteiger partial charge in [0.15, 0.2) is 0 Å². The summed E-state index contributed by atoms with van der Waals surface area (Å²) in [5, 5.41) is 16.8. The van der Waals surface area contributed by atoms with E-state index in [0.717, 1.165) is 5.56 Å². The molecule has 1 aromatic heterocycles. The molecule has 0 radical (unpaired) electrons. The van der Waals surface area contributed by atoms with Gasteiger partial charge in [-0.1, -0.05) is 12.1 Å². The maximum atomic E-state index is 12.9. The van der Waals surface area contributed by atoms with Crippen LogP contribution in [0.15, 0.2) is 48.8 Å². The SMILES string of the molecule is COc1cc2cc(c1)C(=O)NCCCC(=O)N[C@H]1CN(C(=O)Cn3cnnn3)CC[C@@H]1OCc1cccc(c1)O2. The van der Waals surface area contributed by atoms with Crippen molar-refractivity contribution in [2.24, 2.45) is 0 Å². The lowest BCUT2D eigenvalue weighted by Gasteiger charge is -2.38. The van der Waals surface area contributed by atoms with Gasteiger partial charge in [0.25, 0.3) is 5.91 Å². The number of piperidine rings is 1. The molecule has 3 heterocycles. The van der Waals surface area contributed by atoms with Crippen LogP contribution < -0.4 is 20.1 Å². The zero-order chi connectivity index (χ0) is 27.9. The van der Waals surface area contributed by atoms with Crippen LogP contribution >= 0.6 is 0 Å². The number of nitrogens with zero attached hydrogens (tertiary/aromatic N) is 5. The van der Waals surface area contributed by atoms with Gasteiger partial charge in [0.05, 0.1) is 25.9 Å². The van der Waals surface area contributed by atoms with E-state index >= 15 is 0 Å².